The molecule has 0 aromatic carbocycles. The van der Waals surface area contributed by atoms with E-state index in [0.717, 1.165) is 16.3 Å². The van der Waals surface area contributed by atoms with Crippen LogP contribution in [0.4, 0.5) is 0 Å². The number of carbonyl (C=O) groups excluding carboxylic acids is 1. The number of nitrogens with one attached hydrogen (secondary N) is 1. The van der Waals surface area contributed by atoms with E-state index < -0.39 is 5.97 Å². The maximum absolute atomic E-state index is 12.4. The molecule has 2 N–H and O–H groups in total. The number of ether oxygens (including phenoxy) is 1. The van der Waals surface area contributed by atoms with Crippen molar-refractivity contribution in [2.75, 3.05) is 26.8 Å². The Morgan fingerprint density at radius 2 is 2.27 bits per heavy atom. The zero-order valence-corrected chi connectivity index (χ0v) is 13.1. The zero-order valence-electron chi connectivity index (χ0n) is 12.3. The fourth-order valence-corrected chi connectivity index (χ4v) is 2.57. The highest BCUT2D eigenvalue weighted by atomic mass is 32.1. The molecule has 22 heavy (non-hydrogen) atoms. The lowest BCUT2D eigenvalue weighted by atomic mass is 10.2. The number of hydrogen-bond acceptors (Lipinski definition) is 5. The lowest BCUT2D eigenvalue weighted by Crippen LogP contribution is -2.38. The van der Waals surface area contributed by atoms with E-state index in [-0.39, 0.29) is 25.6 Å². The van der Waals surface area contributed by atoms with Crippen molar-refractivity contribution in [2.24, 2.45) is 0 Å². The number of rotatable bonds is 7. The molecule has 0 radical (unpaired) electrons. The lowest BCUT2D eigenvalue weighted by molar-refractivity contribution is -0.137. The molecule has 0 spiro atoms. The third-order valence-electron chi connectivity index (χ3n) is 3.01. The molecular weight excluding hydrogens is 306 g/mol. The topological polar surface area (TPSA) is 95.5 Å². The highest BCUT2D eigenvalue weighted by molar-refractivity contribution is 7.09. The number of aryl methyl sites for hydroxylation is 1. The molecule has 7 nitrogen and oxygen atoms in total. The summed E-state index contributed by atoms with van der Waals surface area (Å²) in [6.45, 7) is 2.03. The van der Waals surface area contributed by atoms with Crippen LogP contribution in [-0.4, -0.2) is 58.7 Å². The van der Waals surface area contributed by atoms with E-state index in [0.29, 0.717) is 5.69 Å². The van der Waals surface area contributed by atoms with E-state index in [4.69, 9.17) is 9.84 Å². The summed E-state index contributed by atoms with van der Waals surface area (Å²) in [5.74, 6) is -1.44. The van der Waals surface area contributed by atoms with Crippen molar-refractivity contribution in [1.29, 1.82) is 0 Å². The number of amides is 1. The van der Waals surface area contributed by atoms with Gasteiger partial charge in [0.1, 0.15) is 12.2 Å². The minimum atomic E-state index is -1.06. The lowest BCUT2D eigenvalue weighted by Gasteiger charge is -2.19. The van der Waals surface area contributed by atoms with Crippen LogP contribution in [0.2, 0.25) is 0 Å². The zero-order chi connectivity index (χ0) is 16.1. The molecule has 0 aliphatic rings. The Morgan fingerprint density at radius 1 is 1.50 bits per heavy atom. The van der Waals surface area contributed by atoms with Crippen molar-refractivity contribution in [2.45, 2.75) is 6.92 Å². The van der Waals surface area contributed by atoms with Gasteiger partial charge in [0.05, 0.1) is 17.3 Å². The second-order valence-electron chi connectivity index (χ2n) is 4.67. The van der Waals surface area contributed by atoms with Gasteiger partial charge in [-0.2, -0.15) is 0 Å². The van der Waals surface area contributed by atoms with Gasteiger partial charge in [0, 0.05) is 30.8 Å². The highest BCUT2D eigenvalue weighted by Gasteiger charge is 2.20. The molecule has 2 aromatic rings. The number of thiazole rings is 1. The van der Waals surface area contributed by atoms with Gasteiger partial charge in [-0.05, 0) is 13.0 Å². The summed E-state index contributed by atoms with van der Waals surface area (Å²) in [4.78, 5) is 31.7. The summed E-state index contributed by atoms with van der Waals surface area (Å²) in [6, 6.07) is 1.68. The Hall–Kier alpha value is -2.19. The van der Waals surface area contributed by atoms with E-state index in [1.807, 2.05) is 12.3 Å². The largest absolute Gasteiger partial charge is 0.480 e. The first-order valence-corrected chi connectivity index (χ1v) is 7.50. The van der Waals surface area contributed by atoms with Crippen LogP contribution in [0, 0.1) is 6.92 Å². The van der Waals surface area contributed by atoms with Gasteiger partial charge in [0.25, 0.3) is 5.91 Å². The Morgan fingerprint density at radius 3 is 2.86 bits per heavy atom. The third-order valence-corrected chi connectivity index (χ3v) is 3.78. The smallest absolute Gasteiger partial charge is 0.323 e. The first-order chi connectivity index (χ1) is 10.5. The average molecular weight is 323 g/mol. The molecule has 2 rings (SSSR count). The van der Waals surface area contributed by atoms with Crippen LogP contribution in [0.1, 0.15) is 15.5 Å². The van der Waals surface area contributed by atoms with Gasteiger partial charge in [-0.25, -0.2) is 4.98 Å². The van der Waals surface area contributed by atoms with Crippen LogP contribution < -0.4 is 0 Å². The first-order valence-electron chi connectivity index (χ1n) is 6.62. The van der Waals surface area contributed by atoms with Crippen molar-refractivity contribution >= 4 is 23.2 Å². The van der Waals surface area contributed by atoms with E-state index in [1.54, 1.807) is 12.3 Å². The quantitative estimate of drug-likeness (QED) is 0.807. The molecular formula is C14H17N3O4S. The molecule has 0 saturated heterocycles. The van der Waals surface area contributed by atoms with Gasteiger partial charge >= 0.3 is 5.97 Å². The second-order valence-corrected chi connectivity index (χ2v) is 5.73. The number of aliphatic carboxylic acids is 1. The van der Waals surface area contributed by atoms with Gasteiger partial charge in [-0.15, -0.1) is 11.3 Å². The molecule has 0 saturated carbocycles. The van der Waals surface area contributed by atoms with Gasteiger partial charge in [-0.3, -0.25) is 9.59 Å². The van der Waals surface area contributed by atoms with E-state index in [9.17, 15) is 9.59 Å². The molecule has 0 aliphatic carbocycles. The Labute approximate surface area is 131 Å². The van der Waals surface area contributed by atoms with Crippen molar-refractivity contribution in [3.8, 4) is 11.3 Å². The Bertz CT molecular complexity index is 665. The maximum atomic E-state index is 12.4. The molecule has 2 heterocycles. The first kappa shape index (κ1) is 16.2. The molecule has 8 heteroatoms. The van der Waals surface area contributed by atoms with Crippen molar-refractivity contribution in [3.63, 3.8) is 0 Å². The monoisotopic (exact) mass is 323 g/mol. The van der Waals surface area contributed by atoms with Crippen LogP contribution in [0.3, 0.4) is 0 Å². The molecule has 0 aliphatic heterocycles. The summed E-state index contributed by atoms with van der Waals surface area (Å²) >= 11 is 1.53. The van der Waals surface area contributed by atoms with Crippen LogP contribution in [0.5, 0.6) is 0 Å². The van der Waals surface area contributed by atoms with Gasteiger partial charge in [0.2, 0.25) is 0 Å². The number of nitrogens with zero attached hydrogens (tertiary/aromatic N) is 2. The number of carboxylic acids is 1. The Balaban J connectivity index is 2.16. The summed E-state index contributed by atoms with van der Waals surface area (Å²) < 4.78 is 4.91. The van der Waals surface area contributed by atoms with Crippen molar-refractivity contribution < 1.29 is 19.4 Å². The number of hydrogen-bond donors (Lipinski definition) is 2. The number of aromatic nitrogens is 2. The molecule has 1 amide bonds. The average Bonchev–Trinajstić information content (AvgIpc) is 3.10. The van der Waals surface area contributed by atoms with E-state index in [2.05, 4.69) is 9.97 Å². The number of aromatic amines is 1. The molecule has 118 valence electrons. The molecule has 0 fully saturated rings. The standard InChI is InChI=1S/C14H17N3O4S/c1-9-16-12(8-22-9)10-5-11(15-6-10)14(20)17(3-4-21-2)7-13(18)19/h5-6,8,15H,3-4,7H2,1-2H3,(H,18,19). The summed E-state index contributed by atoms with van der Waals surface area (Å²) in [6.07, 6.45) is 1.69. The number of carboxylic acid groups (broad SMARTS) is 1. The van der Waals surface area contributed by atoms with Crippen LogP contribution >= 0.6 is 11.3 Å². The fourth-order valence-electron chi connectivity index (χ4n) is 1.95. The molecule has 0 unspecified atom stereocenters. The maximum Gasteiger partial charge on any atom is 0.323 e. The highest BCUT2D eigenvalue weighted by Crippen LogP contribution is 2.22. The SMILES string of the molecule is COCCN(CC(=O)O)C(=O)c1cc(-c2csc(C)n2)c[nH]1. The number of methoxy groups -OCH3 is 1. The van der Waals surface area contributed by atoms with Crippen LogP contribution in [0.25, 0.3) is 11.3 Å². The van der Waals surface area contributed by atoms with Crippen molar-refractivity contribution in [3.05, 3.63) is 28.3 Å². The predicted octanol–water partition coefficient (Wildman–Crippen LogP) is 1.62. The normalized spacial score (nSPS) is 10.6. The molecule has 0 atom stereocenters. The summed E-state index contributed by atoms with van der Waals surface area (Å²) in [5, 5.41) is 11.8. The van der Waals surface area contributed by atoms with Crippen LogP contribution in [0.15, 0.2) is 17.6 Å². The molecule has 0 bridgehead atoms. The predicted molar refractivity (Wildman–Crippen MR) is 82.1 cm³/mol. The summed E-state index contributed by atoms with van der Waals surface area (Å²) in [7, 11) is 1.50. The number of carbonyl (C=O) groups is 2. The summed E-state index contributed by atoms with van der Waals surface area (Å²) in [5.41, 5.74) is 1.92. The van der Waals surface area contributed by atoms with Gasteiger partial charge in [0.15, 0.2) is 0 Å². The minimum absolute atomic E-state index is 0.214. The Kier molecular flexibility index (Phi) is 5.29. The third kappa shape index (κ3) is 3.92. The fraction of sp³-hybridized carbons (Fsp3) is 0.357. The van der Waals surface area contributed by atoms with Crippen LogP contribution in [-0.2, 0) is 9.53 Å². The van der Waals surface area contributed by atoms with Crippen molar-refractivity contribution in [1.82, 2.24) is 14.9 Å². The van der Waals surface area contributed by atoms with Gasteiger partial charge < -0.3 is 19.7 Å². The van der Waals surface area contributed by atoms with Gasteiger partial charge in [-0.1, -0.05) is 0 Å². The molecule has 2 aromatic heterocycles. The van der Waals surface area contributed by atoms with E-state index in [1.165, 1.54) is 23.3 Å². The number of H-pyrrole nitrogens is 1. The second kappa shape index (κ2) is 7.19. The minimum Gasteiger partial charge on any atom is -0.480 e. The van der Waals surface area contributed by atoms with E-state index >= 15 is 0 Å².